The first kappa shape index (κ1) is 18.3. The van der Waals surface area contributed by atoms with Crippen molar-refractivity contribution in [2.75, 3.05) is 13.2 Å². The van der Waals surface area contributed by atoms with Gasteiger partial charge < -0.3 is 19.6 Å². The molecule has 1 atom stereocenters. The molecule has 0 aliphatic rings. The normalized spacial score (nSPS) is 12.6. The van der Waals surface area contributed by atoms with Crippen molar-refractivity contribution in [1.29, 1.82) is 0 Å². The number of carbonyl (C=O) groups is 1. The van der Waals surface area contributed by atoms with Crippen molar-refractivity contribution >= 4 is 13.6 Å². The van der Waals surface area contributed by atoms with Gasteiger partial charge in [0.25, 0.3) is 0 Å². The van der Waals surface area contributed by atoms with Crippen LogP contribution in [0, 0.1) is 0 Å². The van der Waals surface area contributed by atoms with Crippen molar-refractivity contribution in [2.45, 2.75) is 6.10 Å². The zero-order valence-electron chi connectivity index (χ0n) is 12.6. The van der Waals surface area contributed by atoms with Crippen molar-refractivity contribution in [1.82, 2.24) is 0 Å². The number of phosphoric ester groups is 1. The zero-order valence-corrected chi connectivity index (χ0v) is 13.5. The first-order chi connectivity index (χ1) is 11.4. The topological polar surface area (TPSA) is 113 Å². The van der Waals surface area contributed by atoms with Gasteiger partial charge in [-0.05, 0) is 29.8 Å². The summed E-state index contributed by atoms with van der Waals surface area (Å²) in [7, 11) is -4.50. The van der Waals surface area contributed by atoms with E-state index in [-0.39, 0.29) is 13.2 Å². The summed E-state index contributed by atoms with van der Waals surface area (Å²) in [5, 5.41) is 10.1. The summed E-state index contributed by atoms with van der Waals surface area (Å²) < 4.78 is 20.0. The molecule has 0 amide bonds. The van der Waals surface area contributed by atoms with Gasteiger partial charge in [-0.2, -0.15) is 0 Å². The minimum atomic E-state index is -4.50. The van der Waals surface area contributed by atoms with Gasteiger partial charge in [-0.3, -0.25) is 9.32 Å². The molecule has 0 aliphatic carbocycles. The van der Waals surface area contributed by atoms with E-state index in [1.807, 2.05) is 0 Å². The van der Waals surface area contributed by atoms with Crippen molar-refractivity contribution in [2.24, 2.45) is 0 Å². The molecule has 0 fully saturated rings. The highest BCUT2D eigenvalue weighted by atomic mass is 31.2. The highest BCUT2D eigenvalue weighted by Gasteiger charge is 2.19. The van der Waals surface area contributed by atoms with Gasteiger partial charge in [0.2, 0.25) is 0 Å². The first-order valence-electron chi connectivity index (χ1n) is 7.07. The van der Waals surface area contributed by atoms with Crippen LogP contribution < -0.4 is 4.74 Å². The third kappa shape index (κ3) is 5.56. The van der Waals surface area contributed by atoms with Crippen LogP contribution in [-0.4, -0.2) is 33.9 Å². The number of carbonyl (C=O) groups excluding carboxylic acids is 1. The van der Waals surface area contributed by atoms with E-state index in [1.165, 1.54) is 24.3 Å². The molecule has 0 saturated carbocycles. The lowest BCUT2D eigenvalue weighted by Crippen LogP contribution is -2.12. The van der Waals surface area contributed by atoms with Crippen LogP contribution in [0.5, 0.6) is 5.75 Å². The van der Waals surface area contributed by atoms with Gasteiger partial charge in [0.05, 0.1) is 6.61 Å². The first-order valence-corrected chi connectivity index (χ1v) is 8.60. The number of Topliss-reactive ketones (excluding diaryl/α,β-unsaturated/α-hetero) is 1. The van der Waals surface area contributed by atoms with E-state index in [0.29, 0.717) is 16.9 Å². The SMILES string of the molecule is O=C(c1ccc(OCCOP(=O)(O)O)cc1)C(O)c1ccccc1. The molecule has 0 aromatic heterocycles. The third-order valence-corrected chi connectivity index (χ3v) is 3.63. The maximum absolute atomic E-state index is 12.2. The Morgan fingerprint density at radius 1 is 1.00 bits per heavy atom. The zero-order chi connectivity index (χ0) is 17.6. The summed E-state index contributed by atoms with van der Waals surface area (Å²) >= 11 is 0. The molecule has 0 heterocycles. The maximum Gasteiger partial charge on any atom is 0.469 e. The van der Waals surface area contributed by atoms with Crippen LogP contribution in [0.1, 0.15) is 22.0 Å². The maximum atomic E-state index is 12.2. The highest BCUT2D eigenvalue weighted by Crippen LogP contribution is 2.35. The van der Waals surface area contributed by atoms with E-state index in [9.17, 15) is 14.5 Å². The number of aliphatic hydroxyl groups is 1. The minimum Gasteiger partial charge on any atom is -0.491 e. The van der Waals surface area contributed by atoms with Crippen LogP contribution in [0.15, 0.2) is 54.6 Å². The van der Waals surface area contributed by atoms with Crippen LogP contribution >= 0.6 is 7.82 Å². The molecule has 1 unspecified atom stereocenters. The molecular formula is C16H17O7P. The van der Waals surface area contributed by atoms with E-state index < -0.39 is 19.7 Å². The van der Waals surface area contributed by atoms with Gasteiger partial charge in [0.1, 0.15) is 18.5 Å². The van der Waals surface area contributed by atoms with Gasteiger partial charge in [-0.1, -0.05) is 30.3 Å². The lowest BCUT2D eigenvalue weighted by molar-refractivity contribution is 0.0747. The fraction of sp³-hybridized carbons (Fsp3) is 0.188. The van der Waals surface area contributed by atoms with Gasteiger partial charge in [-0.15, -0.1) is 0 Å². The second kappa shape index (κ2) is 8.19. The predicted octanol–water partition coefficient (Wildman–Crippen LogP) is 2.09. The predicted molar refractivity (Wildman–Crippen MR) is 85.7 cm³/mol. The van der Waals surface area contributed by atoms with Crippen LogP contribution in [0.25, 0.3) is 0 Å². The molecule has 7 nitrogen and oxygen atoms in total. The van der Waals surface area contributed by atoms with E-state index in [4.69, 9.17) is 14.5 Å². The Kier molecular flexibility index (Phi) is 6.25. The molecule has 0 aliphatic heterocycles. The Labute approximate surface area is 138 Å². The summed E-state index contributed by atoms with van der Waals surface area (Å²) in [6, 6.07) is 14.7. The average molecular weight is 352 g/mol. The Bertz CT molecular complexity index is 709. The quantitative estimate of drug-likeness (QED) is 0.379. The molecule has 0 radical (unpaired) electrons. The minimum absolute atomic E-state index is 0.0506. The van der Waals surface area contributed by atoms with Crippen molar-refractivity contribution in [3.8, 4) is 5.75 Å². The summed E-state index contributed by atoms with van der Waals surface area (Å²) in [5.41, 5.74) is 0.836. The lowest BCUT2D eigenvalue weighted by Gasteiger charge is -2.11. The molecule has 2 aromatic rings. The number of rotatable bonds is 8. The van der Waals surface area contributed by atoms with Gasteiger partial charge in [-0.25, -0.2) is 4.57 Å². The number of phosphoric acid groups is 1. The Morgan fingerprint density at radius 2 is 1.62 bits per heavy atom. The lowest BCUT2D eigenvalue weighted by atomic mass is 10.00. The van der Waals surface area contributed by atoms with Crippen molar-refractivity contribution in [3.05, 3.63) is 65.7 Å². The van der Waals surface area contributed by atoms with Crippen molar-refractivity contribution < 1.29 is 33.5 Å². The molecule has 0 saturated heterocycles. The number of hydrogen-bond donors (Lipinski definition) is 3. The summed E-state index contributed by atoms with van der Waals surface area (Å²) in [6.45, 7) is -0.317. The van der Waals surface area contributed by atoms with E-state index in [2.05, 4.69) is 4.52 Å². The number of ketones is 1. The summed E-state index contributed by atoms with van der Waals surface area (Å²) in [5.74, 6) is -0.0207. The summed E-state index contributed by atoms with van der Waals surface area (Å²) in [6.07, 6.45) is -1.24. The largest absolute Gasteiger partial charge is 0.491 e. The molecule has 0 bridgehead atoms. The fourth-order valence-electron chi connectivity index (χ4n) is 1.98. The van der Waals surface area contributed by atoms with Gasteiger partial charge in [0, 0.05) is 5.56 Å². The molecule has 2 aromatic carbocycles. The standard InChI is InChI=1S/C16H17O7P/c17-15(12-4-2-1-3-5-12)16(18)13-6-8-14(9-7-13)22-10-11-23-24(19,20)21/h1-9,15,17H,10-11H2,(H2,19,20,21). The van der Waals surface area contributed by atoms with Crippen molar-refractivity contribution in [3.63, 3.8) is 0 Å². The third-order valence-electron chi connectivity index (χ3n) is 3.11. The van der Waals surface area contributed by atoms with Crippen LogP contribution in [0.3, 0.4) is 0 Å². The Hall–Kier alpha value is -2.02. The monoisotopic (exact) mass is 352 g/mol. The number of benzene rings is 2. The van der Waals surface area contributed by atoms with Gasteiger partial charge in [0.15, 0.2) is 5.78 Å². The summed E-state index contributed by atoms with van der Waals surface area (Å²) in [4.78, 5) is 29.3. The molecule has 128 valence electrons. The number of hydrogen-bond acceptors (Lipinski definition) is 5. The second-order valence-electron chi connectivity index (χ2n) is 4.87. The van der Waals surface area contributed by atoms with Crippen LogP contribution in [0.4, 0.5) is 0 Å². The number of ether oxygens (including phenoxy) is 1. The molecular weight excluding hydrogens is 335 g/mol. The van der Waals surface area contributed by atoms with E-state index in [0.717, 1.165) is 0 Å². The Morgan fingerprint density at radius 3 is 2.21 bits per heavy atom. The fourth-order valence-corrected chi connectivity index (χ4v) is 2.29. The highest BCUT2D eigenvalue weighted by molar-refractivity contribution is 7.46. The smallest absolute Gasteiger partial charge is 0.469 e. The van der Waals surface area contributed by atoms with Crippen LogP contribution in [0.2, 0.25) is 0 Å². The molecule has 2 rings (SSSR count). The average Bonchev–Trinajstić information content (AvgIpc) is 2.58. The van der Waals surface area contributed by atoms with Gasteiger partial charge >= 0.3 is 7.82 Å². The molecule has 3 N–H and O–H groups in total. The molecule has 0 spiro atoms. The van der Waals surface area contributed by atoms with E-state index >= 15 is 0 Å². The molecule has 8 heteroatoms. The molecule has 24 heavy (non-hydrogen) atoms. The number of aliphatic hydroxyl groups excluding tert-OH is 1. The van der Waals surface area contributed by atoms with E-state index in [1.54, 1.807) is 30.3 Å². The Balaban J connectivity index is 1.91. The van der Waals surface area contributed by atoms with Crippen LogP contribution in [-0.2, 0) is 9.09 Å². The second-order valence-corrected chi connectivity index (χ2v) is 6.11.